The van der Waals surface area contributed by atoms with Gasteiger partial charge in [-0.2, -0.15) is 0 Å². The van der Waals surface area contributed by atoms with E-state index < -0.39 is 60.9 Å². The maximum Gasteiger partial charge on any atom is 0.186 e. The van der Waals surface area contributed by atoms with Gasteiger partial charge in [-0.1, -0.05) is 71.1 Å². The fraction of sp³-hybridized carbons (Fsp3) is 0.846. The quantitative estimate of drug-likeness (QED) is 0.0607. The molecule has 0 radical (unpaired) electrons. The summed E-state index contributed by atoms with van der Waals surface area (Å²) in [5.74, 6) is 1.61. The van der Waals surface area contributed by atoms with Crippen LogP contribution in [0.1, 0.15) is 87.0 Å². The Kier molecular flexibility index (Phi) is 23.4. The third-order valence-corrected chi connectivity index (χ3v) is 15.7. The minimum absolute atomic E-state index is 0.00826. The summed E-state index contributed by atoms with van der Waals surface area (Å²) in [4.78, 5) is 0. The van der Waals surface area contributed by atoms with Gasteiger partial charge >= 0.3 is 0 Å². The van der Waals surface area contributed by atoms with E-state index in [0.29, 0.717) is 24.4 Å². The topological polar surface area (TPSA) is 151 Å². The van der Waals surface area contributed by atoms with Crippen molar-refractivity contribution in [1.82, 2.24) is 0 Å². The molecule has 66 heavy (non-hydrogen) atoms. The summed E-state index contributed by atoms with van der Waals surface area (Å²) in [6.45, 7) is 15.2. The minimum atomic E-state index is -0.720. The first-order valence-electron chi connectivity index (χ1n) is 24.4. The molecule has 0 aromatic heterocycles. The van der Waals surface area contributed by atoms with Crippen molar-refractivity contribution in [3.05, 3.63) is 47.6 Å². The molecule has 2 aliphatic heterocycles. The summed E-state index contributed by atoms with van der Waals surface area (Å²) in [6.07, 6.45) is 12.2. The van der Waals surface area contributed by atoms with Crippen LogP contribution in [0, 0.1) is 41.4 Å². The van der Waals surface area contributed by atoms with Crippen LogP contribution in [0.5, 0.6) is 0 Å². The molecule has 2 N–H and O–H groups in total. The Bertz CT molecular complexity index is 1530. The number of rotatable bonds is 28. The van der Waals surface area contributed by atoms with Crippen LogP contribution >= 0.6 is 0 Å². The van der Waals surface area contributed by atoms with E-state index in [1.54, 1.807) is 64.0 Å². The largest absolute Gasteiger partial charge is 0.392 e. The van der Waals surface area contributed by atoms with Crippen LogP contribution in [0.4, 0.5) is 0 Å². The monoisotopic (exact) mass is 939 g/mol. The molecule has 2 aliphatic carbocycles. The molecule has 0 bridgehead atoms. The molecule has 19 atom stereocenters. The molecule has 14 nitrogen and oxygen atoms in total. The Hall–Kier alpha value is -1.60. The Morgan fingerprint density at radius 3 is 1.62 bits per heavy atom. The van der Waals surface area contributed by atoms with Gasteiger partial charge in [0.25, 0.3) is 0 Å². The average molecular weight is 939 g/mol. The van der Waals surface area contributed by atoms with Gasteiger partial charge in [0.15, 0.2) is 12.6 Å². The molecule has 0 spiro atoms. The van der Waals surface area contributed by atoms with Crippen LogP contribution in [-0.4, -0.2) is 166 Å². The van der Waals surface area contributed by atoms with Crippen molar-refractivity contribution in [3.63, 3.8) is 0 Å². The number of hydrogen-bond donors (Lipinski definition) is 2. The van der Waals surface area contributed by atoms with Gasteiger partial charge in [0, 0.05) is 82.4 Å². The zero-order chi connectivity index (χ0) is 48.9. The van der Waals surface area contributed by atoms with E-state index in [1.807, 2.05) is 38.2 Å². The van der Waals surface area contributed by atoms with Crippen molar-refractivity contribution in [2.24, 2.45) is 41.4 Å². The molecule has 382 valence electrons. The van der Waals surface area contributed by atoms with Crippen molar-refractivity contribution in [3.8, 4) is 0 Å². The third-order valence-electron chi connectivity index (χ3n) is 15.7. The lowest BCUT2D eigenvalue weighted by molar-refractivity contribution is -0.298. The summed E-state index contributed by atoms with van der Waals surface area (Å²) >= 11 is 0. The fourth-order valence-electron chi connectivity index (χ4n) is 11.1. The number of aliphatic hydroxyl groups excluding tert-OH is 1. The molecule has 2 saturated heterocycles. The fourth-order valence-corrected chi connectivity index (χ4v) is 11.1. The van der Waals surface area contributed by atoms with Gasteiger partial charge in [0.05, 0.1) is 23.9 Å². The summed E-state index contributed by atoms with van der Waals surface area (Å²) in [7, 11) is 14.9. The summed E-state index contributed by atoms with van der Waals surface area (Å²) in [6, 6.07) is 0. The van der Waals surface area contributed by atoms with Crippen molar-refractivity contribution < 1.29 is 67.1 Å². The van der Waals surface area contributed by atoms with Crippen LogP contribution in [0.2, 0.25) is 0 Å². The SMILES string of the molecule is CC[C@H](OC)[C@@H](C)C1CC(O)([C@@H](C)/C=C/C=C(\C)[C@@H]2O[C@H](OC)[C@H](OC)[C@@H](OCCC[C@H](OC)[C@@H](C)[C@@H]3C[C@H]3[C@H](O)[C@@H](C)/C=C/C=C(\C)[C@@H]3O[C@@H](OC)[C@H](OC)[C@@H](OC)[C@@H]3OC)[C@@H]2OC)C1. The predicted molar refractivity (Wildman–Crippen MR) is 254 cm³/mol. The standard InChI is InChI=1S/C52H90O14/c1-17-39(55-8)34(6)36-28-52(54,29-36)33(5)24-19-23-32(4)43-45(58-11)47(49(61-14)51(63-16)66-43)64-26-20-25-40(56-9)35(7)37-27-38(37)41(53)30(2)21-18-22-31(3)42-44(57-10)46(59-12)48(60-13)50(62-15)65-42/h18-19,21-24,30,33-51,53-54H,17,20,25-29H2,1-16H3/b21-18+,24-19+,31-22+,32-23+/t30-,33-,34-,35-,36?,37-,38+,39-,40-,41+,42-,43-,44+,45+,46-,47-,48+,49+,50+,51-,52?/m0/s1. The smallest absolute Gasteiger partial charge is 0.186 e. The number of methoxy groups -OCH3 is 9. The molecular weight excluding hydrogens is 849 g/mol. The maximum atomic E-state index is 11.5. The Balaban J connectivity index is 1.30. The van der Waals surface area contributed by atoms with Gasteiger partial charge in [0.2, 0.25) is 0 Å². The van der Waals surface area contributed by atoms with Gasteiger partial charge in [-0.25, -0.2) is 0 Å². The summed E-state index contributed by atoms with van der Waals surface area (Å²) < 4.78 is 71.7. The van der Waals surface area contributed by atoms with E-state index in [1.165, 1.54) is 0 Å². The van der Waals surface area contributed by atoms with E-state index in [0.717, 1.165) is 49.7 Å². The highest BCUT2D eigenvalue weighted by Crippen LogP contribution is 2.50. The number of ether oxygens (including phenoxy) is 12. The molecule has 0 amide bonds. The lowest BCUT2D eigenvalue weighted by Crippen LogP contribution is -2.60. The summed E-state index contributed by atoms with van der Waals surface area (Å²) in [5, 5.41) is 22.9. The first-order chi connectivity index (χ1) is 31.6. The van der Waals surface area contributed by atoms with Gasteiger partial charge in [-0.3, -0.25) is 0 Å². The highest BCUT2D eigenvalue weighted by Gasteiger charge is 2.52. The maximum absolute atomic E-state index is 11.5. The molecule has 4 aliphatic rings. The molecule has 4 rings (SSSR count). The van der Waals surface area contributed by atoms with E-state index in [2.05, 4.69) is 46.8 Å². The normalized spacial score (nSPS) is 37.6. The predicted octanol–water partition coefficient (Wildman–Crippen LogP) is 7.10. The molecule has 0 aromatic rings. The Morgan fingerprint density at radius 1 is 0.636 bits per heavy atom. The molecule has 4 fully saturated rings. The molecular formula is C52H90O14. The van der Waals surface area contributed by atoms with E-state index >= 15 is 0 Å². The molecule has 2 saturated carbocycles. The van der Waals surface area contributed by atoms with E-state index in [9.17, 15) is 10.2 Å². The number of aliphatic hydroxyl groups is 2. The summed E-state index contributed by atoms with van der Waals surface area (Å²) in [5.41, 5.74) is 1.19. The van der Waals surface area contributed by atoms with Crippen molar-refractivity contribution in [2.45, 2.75) is 172 Å². The van der Waals surface area contributed by atoms with Crippen molar-refractivity contribution in [2.75, 3.05) is 70.6 Å². The van der Waals surface area contributed by atoms with E-state index in [4.69, 9.17) is 56.8 Å². The molecule has 0 aromatic carbocycles. The van der Waals surface area contributed by atoms with Crippen LogP contribution in [0.15, 0.2) is 47.6 Å². The van der Waals surface area contributed by atoms with Crippen molar-refractivity contribution in [1.29, 1.82) is 0 Å². The second kappa shape index (κ2) is 27.1. The number of hydrogen-bond acceptors (Lipinski definition) is 14. The van der Waals surface area contributed by atoms with Crippen LogP contribution in [0.25, 0.3) is 0 Å². The first-order valence-corrected chi connectivity index (χ1v) is 24.4. The first kappa shape index (κ1) is 57.0. The highest BCUT2D eigenvalue weighted by molar-refractivity contribution is 5.21. The van der Waals surface area contributed by atoms with Gasteiger partial charge in [0.1, 0.15) is 48.8 Å². The van der Waals surface area contributed by atoms with E-state index in [-0.39, 0.29) is 48.1 Å². The zero-order valence-electron chi connectivity index (χ0n) is 43.3. The van der Waals surface area contributed by atoms with Crippen molar-refractivity contribution >= 4 is 0 Å². The van der Waals surface area contributed by atoms with Crippen LogP contribution in [-0.2, 0) is 56.8 Å². The second-order valence-electron chi connectivity index (χ2n) is 19.5. The highest BCUT2D eigenvalue weighted by atomic mass is 16.7. The van der Waals surface area contributed by atoms with Gasteiger partial charge < -0.3 is 67.1 Å². The van der Waals surface area contributed by atoms with Crippen LogP contribution in [0.3, 0.4) is 0 Å². The average Bonchev–Trinajstić information content (AvgIpc) is 4.12. The third kappa shape index (κ3) is 13.6. The van der Waals surface area contributed by atoms with Gasteiger partial charge in [-0.15, -0.1) is 0 Å². The molecule has 0 unspecified atom stereocenters. The lowest BCUT2D eigenvalue weighted by atomic mass is 9.60. The van der Waals surface area contributed by atoms with Crippen LogP contribution < -0.4 is 0 Å². The lowest BCUT2D eigenvalue weighted by Gasteiger charge is -2.50. The Labute approximate surface area is 398 Å². The minimum Gasteiger partial charge on any atom is -0.392 e. The zero-order valence-corrected chi connectivity index (χ0v) is 43.3. The molecule has 14 heteroatoms. The second-order valence-corrected chi connectivity index (χ2v) is 19.5. The van der Waals surface area contributed by atoms with Gasteiger partial charge in [-0.05, 0) is 93.1 Å². The number of allylic oxidation sites excluding steroid dienone is 4. The Morgan fingerprint density at radius 2 is 1.14 bits per heavy atom. The molecule has 2 heterocycles.